The third kappa shape index (κ3) is 5.26. The van der Waals surface area contributed by atoms with Crippen LogP contribution in [0, 0.1) is 0 Å². The van der Waals surface area contributed by atoms with E-state index in [1.165, 1.54) is 11.3 Å². The first-order valence-corrected chi connectivity index (χ1v) is 12.6. The molecule has 2 aromatic heterocycles. The molecule has 1 aliphatic heterocycles. The standard InChI is InChI=1S/C24H28ClN5O3S/c1-4-30-20(9-12-26-30)28-21(31)18-15-34-22(27-18)16-10-13-29(14-11-16)23(32)24(2,3)33-19-8-6-5-7-17(19)25/h5-9,12,15-16H,4,10-11,13-14H2,1-3H3,(H,28,31). The molecule has 0 radical (unpaired) electrons. The molecule has 3 heterocycles. The Labute approximate surface area is 207 Å². The number of thiazole rings is 1. The van der Waals surface area contributed by atoms with Gasteiger partial charge in [-0.05, 0) is 45.7 Å². The van der Waals surface area contributed by atoms with Crippen LogP contribution in [0.15, 0.2) is 41.9 Å². The van der Waals surface area contributed by atoms with E-state index in [9.17, 15) is 9.59 Å². The third-order valence-electron chi connectivity index (χ3n) is 5.86. The number of nitrogens with zero attached hydrogens (tertiary/aromatic N) is 4. The summed E-state index contributed by atoms with van der Waals surface area (Å²) in [6, 6.07) is 8.91. The summed E-state index contributed by atoms with van der Waals surface area (Å²) < 4.78 is 7.68. The van der Waals surface area contributed by atoms with E-state index < -0.39 is 5.60 Å². The number of aryl methyl sites for hydroxylation is 1. The Morgan fingerprint density at radius 3 is 2.68 bits per heavy atom. The van der Waals surface area contributed by atoms with Crippen LogP contribution in [0.25, 0.3) is 0 Å². The lowest BCUT2D eigenvalue weighted by molar-refractivity contribution is -0.146. The monoisotopic (exact) mass is 501 g/mol. The van der Waals surface area contributed by atoms with Gasteiger partial charge in [-0.2, -0.15) is 5.10 Å². The van der Waals surface area contributed by atoms with E-state index in [0.29, 0.717) is 41.9 Å². The molecular weight excluding hydrogens is 474 g/mol. The second kappa shape index (κ2) is 10.1. The van der Waals surface area contributed by atoms with Crippen molar-refractivity contribution in [3.63, 3.8) is 0 Å². The van der Waals surface area contributed by atoms with Gasteiger partial charge in [-0.1, -0.05) is 23.7 Å². The number of likely N-dealkylation sites (tertiary alicyclic amines) is 1. The minimum atomic E-state index is -1.03. The van der Waals surface area contributed by atoms with Crippen LogP contribution >= 0.6 is 22.9 Å². The van der Waals surface area contributed by atoms with Gasteiger partial charge in [-0.3, -0.25) is 9.59 Å². The molecule has 0 bridgehead atoms. The maximum Gasteiger partial charge on any atom is 0.276 e. The Morgan fingerprint density at radius 2 is 1.97 bits per heavy atom. The van der Waals surface area contributed by atoms with Crippen molar-refractivity contribution in [2.24, 2.45) is 0 Å². The Hall–Kier alpha value is -2.91. The van der Waals surface area contributed by atoms with Crippen molar-refractivity contribution in [3.8, 4) is 5.75 Å². The molecule has 1 aromatic carbocycles. The molecule has 0 saturated carbocycles. The van der Waals surface area contributed by atoms with Gasteiger partial charge in [0.05, 0.1) is 16.2 Å². The largest absolute Gasteiger partial charge is 0.476 e. The third-order valence-corrected chi connectivity index (χ3v) is 7.18. The molecule has 0 spiro atoms. The van der Waals surface area contributed by atoms with E-state index in [4.69, 9.17) is 16.3 Å². The maximum absolute atomic E-state index is 13.2. The summed E-state index contributed by atoms with van der Waals surface area (Å²) >= 11 is 7.69. The summed E-state index contributed by atoms with van der Waals surface area (Å²) in [5.74, 6) is 1.04. The zero-order valence-corrected chi connectivity index (χ0v) is 21.0. The molecule has 1 N–H and O–H groups in total. The van der Waals surface area contributed by atoms with Crippen LogP contribution in [0.4, 0.5) is 5.82 Å². The zero-order chi connectivity index (χ0) is 24.3. The number of amides is 2. The van der Waals surface area contributed by atoms with Crippen molar-refractivity contribution < 1.29 is 14.3 Å². The highest BCUT2D eigenvalue weighted by molar-refractivity contribution is 7.10. The fourth-order valence-electron chi connectivity index (χ4n) is 4.01. The number of nitrogens with one attached hydrogen (secondary N) is 1. The van der Waals surface area contributed by atoms with Crippen LogP contribution in [0.3, 0.4) is 0 Å². The van der Waals surface area contributed by atoms with Crippen LogP contribution in [0.5, 0.6) is 5.75 Å². The van der Waals surface area contributed by atoms with E-state index in [-0.39, 0.29) is 17.7 Å². The Kier molecular flexibility index (Phi) is 7.23. The molecule has 2 amide bonds. The number of para-hydroxylation sites is 1. The lowest BCUT2D eigenvalue weighted by atomic mass is 9.96. The van der Waals surface area contributed by atoms with E-state index in [1.54, 1.807) is 48.3 Å². The summed E-state index contributed by atoms with van der Waals surface area (Å²) in [6.07, 6.45) is 3.22. The number of aromatic nitrogens is 3. The number of anilines is 1. The van der Waals surface area contributed by atoms with Crippen molar-refractivity contribution in [1.29, 1.82) is 0 Å². The molecule has 4 rings (SSSR count). The number of hydrogen-bond acceptors (Lipinski definition) is 6. The average Bonchev–Trinajstić information content (AvgIpc) is 3.50. The van der Waals surface area contributed by atoms with Crippen LogP contribution in [-0.4, -0.2) is 50.2 Å². The van der Waals surface area contributed by atoms with E-state index in [2.05, 4.69) is 15.4 Å². The molecule has 10 heteroatoms. The highest BCUT2D eigenvalue weighted by Gasteiger charge is 2.37. The first kappa shape index (κ1) is 24.2. The van der Waals surface area contributed by atoms with Crippen LogP contribution in [-0.2, 0) is 11.3 Å². The number of rotatable bonds is 7. The van der Waals surface area contributed by atoms with E-state index >= 15 is 0 Å². The Bertz CT molecular complexity index is 1170. The van der Waals surface area contributed by atoms with Gasteiger partial charge >= 0.3 is 0 Å². The molecule has 1 aliphatic rings. The highest BCUT2D eigenvalue weighted by Crippen LogP contribution is 2.33. The number of carbonyl (C=O) groups excluding carboxylic acids is 2. The Morgan fingerprint density at radius 1 is 1.24 bits per heavy atom. The van der Waals surface area contributed by atoms with Gasteiger partial charge in [-0.25, -0.2) is 9.67 Å². The van der Waals surface area contributed by atoms with Crippen molar-refractivity contribution in [2.75, 3.05) is 18.4 Å². The first-order chi connectivity index (χ1) is 16.3. The smallest absolute Gasteiger partial charge is 0.276 e. The van der Waals surface area contributed by atoms with Gasteiger partial charge in [0.25, 0.3) is 11.8 Å². The fourth-order valence-corrected chi connectivity index (χ4v) is 5.15. The molecular formula is C24H28ClN5O3S. The molecule has 3 aromatic rings. The minimum absolute atomic E-state index is 0.0717. The fraction of sp³-hybridized carbons (Fsp3) is 0.417. The van der Waals surface area contributed by atoms with E-state index in [0.717, 1.165) is 17.8 Å². The molecule has 1 saturated heterocycles. The van der Waals surface area contributed by atoms with Gasteiger partial charge in [0.2, 0.25) is 0 Å². The van der Waals surface area contributed by atoms with Crippen molar-refractivity contribution in [1.82, 2.24) is 19.7 Å². The van der Waals surface area contributed by atoms with Gasteiger partial charge in [0.15, 0.2) is 5.60 Å². The maximum atomic E-state index is 13.2. The number of hydrogen-bond donors (Lipinski definition) is 1. The summed E-state index contributed by atoms with van der Waals surface area (Å²) in [6.45, 7) is 7.38. The molecule has 8 nitrogen and oxygen atoms in total. The van der Waals surface area contributed by atoms with Gasteiger partial charge in [0.1, 0.15) is 17.3 Å². The quantitative estimate of drug-likeness (QED) is 0.501. The van der Waals surface area contributed by atoms with Gasteiger partial charge in [0, 0.05) is 37.0 Å². The highest BCUT2D eigenvalue weighted by atomic mass is 35.5. The normalized spacial score (nSPS) is 14.8. The number of benzene rings is 1. The van der Waals surface area contributed by atoms with Gasteiger partial charge < -0.3 is 15.0 Å². The molecule has 180 valence electrons. The summed E-state index contributed by atoms with van der Waals surface area (Å²) in [4.78, 5) is 32.2. The lowest BCUT2D eigenvalue weighted by Crippen LogP contribution is -2.51. The molecule has 0 aliphatic carbocycles. The van der Waals surface area contributed by atoms with Crippen LogP contribution < -0.4 is 10.1 Å². The average molecular weight is 502 g/mol. The minimum Gasteiger partial charge on any atom is -0.476 e. The van der Waals surface area contributed by atoms with Crippen molar-refractivity contribution >= 4 is 40.6 Å². The topological polar surface area (TPSA) is 89.4 Å². The predicted octanol–water partition coefficient (Wildman–Crippen LogP) is 4.83. The van der Waals surface area contributed by atoms with Gasteiger partial charge in [-0.15, -0.1) is 11.3 Å². The first-order valence-electron chi connectivity index (χ1n) is 11.3. The van der Waals surface area contributed by atoms with Crippen LogP contribution in [0.1, 0.15) is 55.0 Å². The zero-order valence-electron chi connectivity index (χ0n) is 19.5. The summed E-state index contributed by atoms with van der Waals surface area (Å²) in [7, 11) is 0. The Balaban J connectivity index is 1.34. The summed E-state index contributed by atoms with van der Waals surface area (Å²) in [5, 5.41) is 10.2. The second-order valence-electron chi connectivity index (χ2n) is 8.67. The van der Waals surface area contributed by atoms with Crippen molar-refractivity contribution in [3.05, 3.63) is 57.6 Å². The van der Waals surface area contributed by atoms with E-state index in [1.807, 2.05) is 24.0 Å². The van der Waals surface area contributed by atoms with Crippen molar-refractivity contribution in [2.45, 2.75) is 51.7 Å². The number of ether oxygens (including phenoxy) is 1. The molecule has 0 atom stereocenters. The van der Waals surface area contributed by atoms with Crippen LogP contribution in [0.2, 0.25) is 5.02 Å². The molecule has 34 heavy (non-hydrogen) atoms. The lowest BCUT2D eigenvalue weighted by Gasteiger charge is -2.36. The molecule has 1 fully saturated rings. The molecule has 0 unspecified atom stereocenters. The SMILES string of the molecule is CCn1nccc1NC(=O)c1csc(C2CCN(C(=O)C(C)(C)Oc3ccccc3Cl)CC2)n1. The number of piperidine rings is 1. The predicted molar refractivity (Wildman–Crippen MR) is 133 cm³/mol. The second-order valence-corrected chi connectivity index (χ2v) is 9.96. The number of carbonyl (C=O) groups is 2. The number of halogens is 1. The summed E-state index contributed by atoms with van der Waals surface area (Å²) in [5.41, 5.74) is -0.633.